The number of nitrogens with one attached hydrogen (secondary N) is 1. The number of hydrogen-bond acceptors (Lipinski definition) is 4. The van der Waals surface area contributed by atoms with Crippen molar-refractivity contribution in [3.8, 4) is 11.3 Å². The van der Waals surface area contributed by atoms with Gasteiger partial charge in [-0.3, -0.25) is 14.9 Å². The number of nitro groups is 1. The molecule has 1 aromatic heterocycles. The normalized spacial score (nSPS) is 12.6. The van der Waals surface area contributed by atoms with Crippen molar-refractivity contribution in [2.45, 2.75) is 19.4 Å². The van der Waals surface area contributed by atoms with Crippen molar-refractivity contribution in [2.24, 2.45) is 0 Å². The minimum atomic E-state index is -0.516. The fourth-order valence-electron chi connectivity index (χ4n) is 3.21. The van der Waals surface area contributed by atoms with Crippen LogP contribution in [0.3, 0.4) is 0 Å². The lowest BCUT2D eigenvalue weighted by atomic mass is 10.1. The van der Waals surface area contributed by atoms with Gasteiger partial charge in [0.2, 0.25) is 0 Å². The molecule has 0 unspecified atom stereocenters. The lowest BCUT2D eigenvalue weighted by Crippen LogP contribution is -2.12. The molecule has 0 fully saturated rings. The van der Waals surface area contributed by atoms with Gasteiger partial charge in [-0.2, -0.15) is 0 Å². The van der Waals surface area contributed by atoms with Gasteiger partial charge in [-0.1, -0.05) is 18.2 Å². The molecule has 1 N–H and O–H groups in total. The Labute approximate surface area is 149 Å². The largest absolute Gasteiger partial charge is 0.328 e. The van der Waals surface area contributed by atoms with E-state index in [1.54, 1.807) is 12.1 Å². The molecule has 1 amide bonds. The van der Waals surface area contributed by atoms with E-state index in [4.69, 9.17) is 0 Å². The maximum Gasteiger partial charge on any atom is 0.270 e. The van der Waals surface area contributed by atoms with Gasteiger partial charge in [0.05, 0.1) is 16.8 Å². The van der Waals surface area contributed by atoms with Crippen molar-refractivity contribution >= 4 is 17.3 Å². The number of fused-ring (bicyclic) bond motifs is 1. The van der Waals surface area contributed by atoms with E-state index in [9.17, 15) is 14.9 Å². The van der Waals surface area contributed by atoms with Crippen LogP contribution >= 0.6 is 0 Å². The third kappa shape index (κ3) is 2.95. The molecule has 0 spiro atoms. The number of amides is 1. The number of imidazole rings is 1. The molecule has 0 saturated carbocycles. The molecule has 0 aliphatic carbocycles. The Bertz CT molecular complexity index is 1010. The number of carbonyl (C=O) groups is 1. The van der Waals surface area contributed by atoms with E-state index in [0.717, 1.165) is 36.5 Å². The zero-order valence-electron chi connectivity index (χ0n) is 13.9. The maximum atomic E-state index is 12.4. The van der Waals surface area contributed by atoms with Crippen LogP contribution in [0.15, 0.2) is 54.7 Å². The van der Waals surface area contributed by atoms with Gasteiger partial charge in [0.15, 0.2) is 0 Å². The predicted molar refractivity (Wildman–Crippen MR) is 97.0 cm³/mol. The van der Waals surface area contributed by atoms with Crippen LogP contribution in [0.2, 0.25) is 0 Å². The summed E-state index contributed by atoms with van der Waals surface area (Å²) < 4.78 is 2.20. The monoisotopic (exact) mass is 348 g/mol. The van der Waals surface area contributed by atoms with Crippen LogP contribution in [0.25, 0.3) is 11.3 Å². The molecule has 0 bridgehead atoms. The SMILES string of the molecule is O=C(Nc1cccc(-c2cnc3n2CCC3)c1)c1cccc([N+](=O)[O-])c1. The van der Waals surface area contributed by atoms with Gasteiger partial charge in [-0.05, 0) is 24.6 Å². The quantitative estimate of drug-likeness (QED) is 0.575. The lowest BCUT2D eigenvalue weighted by molar-refractivity contribution is -0.384. The standard InChI is InChI=1S/C19H16N4O3/c24-19(14-5-2-7-16(11-14)23(25)26)21-15-6-1-4-13(10-15)17-12-20-18-8-3-9-22(17)18/h1-2,4-7,10-12H,3,8-9H2,(H,21,24). The smallest absolute Gasteiger partial charge is 0.270 e. The molecule has 130 valence electrons. The number of nitro benzene ring substituents is 1. The molecule has 0 saturated heterocycles. The Kier molecular flexibility index (Phi) is 3.96. The topological polar surface area (TPSA) is 90.1 Å². The Hall–Kier alpha value is -3.48. The number of aromatic nitrogens is 2. The van der Waals surface area contributed by atoms with Crippen molar-refractivity contribution in [3.05, 3.63) is 76.2 Å². The molecule has 2 heterocycles. The van der Waals surface area contributed by atoms with E-state index in [1.165, 1.54) is 18.2 Å². The van der Waals surface area contributed by atoms with E-state index in [0.29, 0.717) is 5.69 Å². The molecular formula is C19H16N4O3. The molecule has 26 heavy (non-hydrogen) atoms. The minimum Gasteiger partial charge on any atom is -0.328 e. The molecule has 4 rings (SSSR count). The number of carbonyl (C=O) groups excluding carboxylic acids is 1. The van der Waals surface area contributed by atoms with E-state index in [2.05, 4.69) is 14.9 Å². The highest BCUT2D eigenvalue weighted by molar-refractivity contribution is 6.04. The number of benzene rings is 2. The molecule has 2 aromatic carbocycles. The average molecular weight is 348 g/mol. The van der Waals surface area contributed by atoms with Crippen molar-refractivity contribution in [3.63, 3.8) is 0 Å². The lowest BCUT2D eigenvalue weighted by Gasteiger charge is -2.09. The van der Waals surface area contributed by atoms with Gasteiger partial charge in [0.1, 0.15) is 5.82 Å². The van der Waals surface area contributed by atoms with Gasteiger partial charge >= 0.3 is 0 Å². The molecule has 1 aliphatic rings. The molecule has 0 atom stereocenters. The molecule has 0 radical (unpaired) electrons. The van der Waals surface area contributed by atoms with Crippen LogP contribution in [0, 0.1) is 10.1 Å². The molecule has 7 heteroatoms. The van der Waals surface area contributed by atoms with Crippen molar-refractivity contribution in [1.29, 1.82) is 0 Å². The Morgan fingerprint density at radius 1 is 1.19 bits per heavy atom. The first-order valence-electron chi connectivity index (χ1n) is 8.32. The number of nitrogens with zero attached hydrogens (tertiary/aromatic N) is 3. The molecular weight excluding hydrogens is 332 g/mol. The fraction of sp³-hybridized carbons (Fsp3) is 0.158. The Morgan fingerprint density at radius 2 is 2.04 bits per heavy atom. The predicted octanol–water partition coefficient (Wildman–Crippen LogP) is 3.66. The van der Waals surface area contributed by atoms with Crippen LogP contribution in [0.1, 0.15) is 22.6 Å². The third-order valence-electron chi connectivity index (χ3n) is 4.46. The van der Waals surface area contributed by atoms with Crippen molar-refractivity contribution in [1.82, 2.24) is 9.55 Å². The van der Waals surface area contributed by atoms with Crippen LogP contribution in [0.4, 0.5) is 11.4 Å². The van der Waals surface area contributed by atoms with E-state index in [1.807, 2.05) is 24.4 Å². The van der Waals surface area contributed by atoms with Crippen LogP contribution in [-0.4, -0.2) is 20.4 Å². The minimum absolute atomic E-state index is 0.110. The van der Waals surface area contributed by atoms with Crippen LogP contribution in [0.5, 0.6) is 0 Å². The van der Waals surface area contributed by atoms with Gasteiger partial charge in [-0.25, -0.2) is 4.98 Å². The van der Waals surface area contributed by atoms with Crippen LogP contribution < -0.4 is 5.32 Å². The molecule has 7 nitrogen and oxygen atoms in total. The van der Waals surface area contributed by atoms with Crippen LogP contribution in [-0.2, 0) is 13.0 Å². The van der Waals surface area contributed by atoms with Crippen molar-refractivity contribution < 1.29 is 9.72 Å². The number of hydrogen-bond donors (Lipinski definition) is 1. The second-order valence-electron chi connectivity index (χ2n) is 6.16. The Morgan fingerprint density at radius 3 is 2.88 bits per heavy atom. The summed E-state index contributed by atoms with van der Waals surface area (Å²) in [6, 6.07) is 13.2. The highest BCUT2D eigenvalue weighted by Gasteiger charge is 2.17. The zero-order valence-corrected chi connectivity index (χ0v) is 13.9. The van der Waals surface area contributed by atoms with E-state index >= 15 is 0 Å². The number of non-ortho nitro benzene ring substituents is 1. The molecule has 3 aromatic rings. The average Bonchev–Trinajstić information content (AvgIpc) is 3.25. The van der Waals surface area contributed by atoms with Gasteiger partial charge < -0.3 is 9.88 Å². The van der Waals surface area contributed by atoms with Gasteiger partial charge in [0.25, 0.3) is 11.6 Å². The highest BCUT2D eigenvalue weighted by Crippen LogP contribution is 2.27. The summed E-state index contributed by atoms with van der Waals surface area (Å²) >= 11 is 0. The fourth-order valence-corrected chi connectivity index (χ4v) is 3.21. The van der Waals surface area contributed by atoms with Gasteiger partial charge in [0, 0.05) is 41.9 Å². The number of anilines is 1. The second kappa shape index (κ2) is 6.44. The Balaban J connectivity index is 1.58. The maximum absolute atomic E-state index is 12.4. The number of rotatable bonds is 4. The summed E-state index contributed by atoms with van der Waals surface area (Å²) in [5.41, 5.74) is 2.77. The first-order chi connectivity index (χ1) is 12.6. The zero-order chi connectivity index (χ0) is 18.1. The highest BCUT2D eigenvalue weighted by atomic mass is 16.6. The first kappa shape index (κ1) is 16.0. The third-order valence-corrected chi connectivity index (χ3v) is 4.46. The van der Waals surface area contributed by atoms with E-state index in [-0.39, 0.29) is 17.2 Å². The first-order valence-corrected chi connectivity index (χ1v) is 8.32. The number of aryl methyl sites for hydroxylation is 1. The van der Waals surface area contributed by atoms with Gasteiger partial charge in [-0.15, -0.1) is 0 Å². The molecule has 1 aliphatic heterocycles. The van der Waals surface area contributed by atoms with E-state index < -0.39 is 4.92 Å². The van der Waals surface area contributed by atoms with Crippen molar-refractivity contribution in [2.75, 3.05) is 5.32 Å². The summed E-state index contributed by atoms with van der Waals surface area (Å²) in [5, 5.41) is 13.7. The summed E-state index contributed by atoms with van der Waals surface area (Å²) in [6.45, 7) is 0.953. The summed E-state index contributed by atoms with van der Waals surface area (Å²) in [5.74, 6) is 0.704. The summed E-state index contributed by atoms with van der Waals surface area (Å²) in [4.78, 5) is 27.2. The summed E-state index contributed by atoms with van der Waals surface area (Å²) in [7, 11) is 0. The summed E-state index contributed by atoms with van der Waals surface area (Å²) in [6.07, 6.45) is 3.94. The second-order valence-corrected chi connectivity index (χ2v) is 6.16.